The molecule has 2 rings (SSSR count). The van der Waals surface area contributed by atoms with Crippen LogP contribution in [0.3, 0.4) is 0 Å². The summed E-state index contributed by atoms with van der Waals surface area (Å²) in [5, 5.41) is 3.23. The monoisotopic (exact) mass is 335 g/mol. The van der Waals surface area contributed by atoms with Crippen molar-refractivity contribution in [2.75, 3.05) is 5.32 Å². The van der Waals surface area contributed by atoms with Gasteiger partial charge in [-0.3, -0.25) is 9.59 Å². The van der Waals surface area contributed by atoms with Crippen LogP contribution in [0.25, 0.3) is 0 Å². The van der Waals surface area contributed by atoms with Crippen LogP contribution in [0.2, 0.25) is 5.02 Å². The Bertz CT molecular complexity index is 682. The lowest BCUT2D eigenvalue weighted by molar-refractivity contribution is -0.153. The van der Waals surface area contributed by atoms with Crippen LogP contribution in [0.15, 0.2) is 41.0 Å². The second-order valence-electron chi connectivity index (χ2n) is 5.16. The number of halogens is 1. The molecule has 122 valence electrons. The van der Waals surface area contributed by atoms with Gasteiger partial charge >= 0.3 is 5.97 Å². The van der Waals surface area contributed by atoms with Crippen molar-refractivity contribution < 1.29 is 18.7 Å². The number of furan rings is 1. The Morgan fingerprint density at radius 3 is 2.83 bits per heavy atom. The van der Waals surface area contributed by atoms with Crippen LogP contribution in [0, 0.1) is 6.92 Å². The van der Waals surface area contributed by atoms with Gasteiger partial charge in [0.2, 0.25) is 0 Å². The number of ether oxygens (including phenoxy) is 1. The Morgan fingerprint density at radius 2 is 2.13 bits per heavy atom. The maximum Gasteiger partial charge on any atom is 0.307 e. The molecule has 0 fully saturated rings. The molecule has 1 N–H and O–H groups in total. The van der Waals surface area contributed by atoms with Gasteiger partial charge in [0.15, 0.2) is 6.10 Å². The number of nitrogens with one attached hydrogen (secondary N) is 1. The second kappa shape index (κ2) is 7.83. The molecule has 1 heterocycles. The van der Waals surface area contributed by atoms with Crippen LogP contribution < -0.4 is 5.32 Å². The average molecular weight is 336 g/mol. The summed E-state index contributed by atoms with van der Waals surface area (Å²) in [6.45, 7) is 3.38. The predicted octanol–water partition coefficient (Wildman–Crippen LogP) is 3.74. The van der Waals surface area contributed by atoms with Crippen LogP contribution in [0.5, 0.6) is 0 Å². The molecule has 1 aromatic heterocycles. The summed E-state index contributed by atoms with van der Waals surface area (Å²) in [5.41, 5.74) is 1.47. The predicted molar refractivity (Wildman–Crippen MR) is 87.4 cm³/mol. The van der Waals surface area contributed by atoms with Gasteiger partial charge in [0.05, 0.1) is 12.7 Å². The Labute approximate surface area is 139 Å². The molecule has 0 aliphatic carbocycles. The highest BCUT2D eigenvalue weighted by Crippen LogP contribution is 2.20. The van der Waals surface area contributed by atoms with Gasteiger partial charge in [0, 0.05) is 17.1 Å². The molecule has 1 aromatic carbocycles. The molecule has 0 radical (unpaired) electrons. The van der Waals surface area contributed by atoms with E-state index in [1.54, 1.807) is 36.6 Å². The standard InChI is InChI=1S/C17H18ClNO4/c1-11-5-6-13(18)10-15(11)19-17(21)12(2)23-16(20)8-7-14-4-3-9-22-14/h3-6,9-10,12H,7-8H2,1-2H3,(H,19,21)/t12-/m1/s1. The van der Waals surface area contributed by atoms with Crippen LogP contribution in [0.1, 0.15) is 24.7 Å². The molecule has 2 aromatic rings. The zero-order chi connectivity index (χ0) is 16.8. The fourth-order valence-corrected chi connectivity index (χ4v) is 2.13. The molecule has 0 spiro atoms. The summed E-state index contributed by atoms with van der Waals surface area (Å²) < 4.78 is 10.3. The summed E-state index contributed by atoms with van der Waals surface area (Å²) in [6, 6.07) is 8.73. The number of rotatable bonds is 6. The first-order chi connectivity index (χ1) is 11.0. The molecule has 1 amide bonds. The Hall–Kier alpha value is -2.27. The Balaban J connectivity index is 1.84. The van der Waals surface area contributed by atoms with Crippen molar-refractivity contribution in [2.45, 2.75) is 32.8 Å². The molecule has 6 heteroatoms. The lowest BCUT2D eigenvalue weighted by atomic mass is 10.2. The molecule has 0 aliphatic heterocycles. The van der Waals surface area contributed by atoms with Gasteiger partial charge in [0.25, 0.3) is 5.91 Å². The number of hydrogen-bond acceptors (Lipinski definition) is 4. The van der Waals surface area contributed by atoms with Crippen molar-refractivity contribution in [1.29, 1.82) is 0 Å². The number of anilines is 1. The second-order valence-corrected chi connectivity index (χ2v) is 5.60. The summed E-state index contributed by atoms with van der Waals surface area (Å²) in [4.78, 5) is 23.9. The van der Waals surface area contributed by atoms with E-state index in [9.17, 15) is 9.59 Å². The van der Waals surface area contributed by atoms with Crippen molar-refractivity contribution in [2.24, 2.45) is 0 Å². The molecule has 1 atom stereocenters. The van der Waals surface area contributed by atoms with Crippen molar-refractivity contribution >= 4 is 29.2 Å². The largest absolute Gasteiger partial charge is 0.469 e. The highest BCUT2D eigenvalue weighted by Gasteiger charge is 2.18. The Kier molecular flexibility index (Phi) is 5.82. The lowest BCUT2D eigenvalue weighted by Crippen LogP contribution is -2.30. The molecule has 0 aliphatic rings. The first kappa shape index (κ1) is 17.1. The normalized spacial score (nSPS) is 11.8. The zero-order valence-electron chi connectivity index (χ0n) is 13.0. The van der Waals surface area contributed by atoms with E-state index in [-0.39, 0.29) is 6.42 Å². The molecular weight excluding hydrogens is 318 g/mol. The van der Waals surface area contributed by atoms with Crippen molar-refractivity contribution in [3.8, 4) is 0 Å². The van der Waals surface area contributed by atoms with E-state index in [1.807, 2.05) is 6.92 Å². The summed E-state index contributed by atoms with van der Waals surface area (Å²) in [5.74, 6) is -0.151. The SMILES string of the molecule is Cc1ccc(Cl)cc1NC(=O)[C@@H](C)OC(=O)CCc1ccco1. The average Bonchev–Trinajstić information content (AvgIpc) is 3.02. The first-order valence-electron chi connectivity index (χ1n) is 7.24. The third-order valence-corrected chi connectivity index (χ3v) is 3.53. The molecule has 5 nitrogen and oxygen atoms in total. The van der Waals surface area contributed by atoms with Crippen LogP contribution >= 0.6 is 11.6 Å². The topological polar surface area (TPSA) is 68.5 Å². The smallest absolute Gasteiger partial charge is 0.307 e. The molecule has 0 saturated carbocycles. The quantitative estimate of drug-likeness (QED) is 0.816. The number of benzene rings is 1. The van der Waals surface area contributed by atoms with E-state index in [2.05, 4.69) is 5.32 Å². The highest BCUT2D eigenvalue weighted by molar-refractivity contribution is 6.31. The number of carbonyl (C=O) groups is 2. The summed E-state index contributed by atoms with van der Waals surface area (Å²) >= 11 is 5.91. The van der Waals surface area contributed by atoms with Gasteiger partial charge in [-0.1, -0.05) is 17.7 Å². The van der Waals surface area contributed by atoms with Crippen LogP contribution in [-0.2, 0) is 20.7 Å². The highest BCUT2D eigenvalue weighted by atomic mass is 35.5. The zero-order valence-corrected chi connectivity index (χ0v) is 13.7. The third kappa shape index (κ3) is 5.14. The molecule has 0 bridgehead atoms. The Morgan fingerprint density at radius 1 is 1.35 bits per heavy atom. The summed E-state index contributed by atoms with van der Waals surface area (Å²) in [6.07, 6.45) is 1.25. The van der Waals surface area contributed by atoms with Crippen molar-refractivity contribution in [3.05, 3.63) is 52.9 Å². The maximum atomic E-state index is 12.1. The fourth-order valence-electron chi connectivity index (χ4n) is 1.95. The van der Waals surface area contributed by atoms with Crippen molar-refractivity contribution in [3.63, 3.8) is 0 Å². The summed E-state index contributed by atoms with van der Waals surface area (Å²) in [7, 11) is 0. The minimum absolute atomic E-state index is 0.154. The van der Waals surface area contributed by atoms with E-state index in [4.69, 9.17) is 20.8 Å². The number of hydrogen-bond donors (Lipinski definition) is 1. The lowest BCUT2D eigenvalue weighted by Gasteiger charge is -2.14. The molecule has 0 unspecified atom stereocenters. The first-order valence-corrected chi connectivity index (χ1v) is 7.62. The van der Waals surface area contributed by atoms with Crippen LogP contribution in [0.4, 0.5) is 5.69 Å². The van der Waals surface area contributed by atoms with Gasteiger partial charge in [-0.2, -0.15) is 0 Å². The van der Waals surface area contributed by atoms with Gasteiger partial charge in [0.1, 0.15) is 5.76 Å². The molecule has 0 saturated heterocycles. The van der Waals surface area contributed by atoms with Gasteiger partial charge < -0.3 is 14.5 Å². The number of carbonyl (C=O) groups excluding carboxylic acids is 2. The maximum absolute atomic E-state index is 12.1. The van der Waals surface area contributed by atoms with E-state index < -0.39 is 18.0 Å². The van der Waals surface area contributed by atoms with Gasteiger partial charge in [-0.05, 0) is 43.7 Å². The minimum atomic E-state index is -0.891. The van der Waals surface area contributed by atoms with Crippen molar-refractivity contribution in [1.82, 2.24) is 0 Å². The number of amides is 1. The van der Waals surface area contributed by atoms with E-state index >= 15 is 0 Å². The van der Waals surface area contributed by atoms with E-state index in [0.717, 1.165) is 5.56 Å². The third-order valence-electron chi connectivity index (χ3n) is 3.29. The number of esters is 1. The minimum Gasteiger partial charge on any atom is -0.469 e. The van der Waals surface area contributed by atoms with Gasteiger partial charge in [-0.15, -0.1) is 0 Å². The fraction of sp³-hybridized carbons (Fsp3) is 0.294. The van der Waals surface area contributed by atoms with Crippen LogP contribution in [-0.4, -0.2) is 18.0 Å². The van der Waals surface area contributed by atoms with Gasteiger partial charge in [-0.25, -0.2) is 0 Å². The molecular formula is C17H18ClNO4. The number of aryl methyl sites for hydroxylation is 2. The van der Waals surface area contributed by atoms with E-state index in [0.29, 0.717) is 22.9 Å². The molecule has 23 heavy (non-hydrogen) atoms. The van der Waals surface area contributed by atoms with E-state index in [1.165, 1.54) is 6.92 Å².